The van der Waals surface area contributed by atoms with Crippen molar-refractivity contribution in [1.29, 1.82) is 0 Å². The number of ketones is 2. The van der Waals surface area contributed by atoms with Gasteiger partial charge in [-0.1, -0.05) is 237 Å². The number of Topliss-reactive ketones (excluding diaryl/α,β-unsaturated/α-hetero) is 2. The first-order valence-electron chi connectivity index (χ1n) is 44.3. The highest BCUT2D eigenvalue weighted by Crippen LogP contribution is 2.39. The Hall–Kier alpha value is -7.68. The van der Waals surface area contributed by atoms with E-state index in [1.54, 1.807) is 10.8 Å². The molecule has 12 atom stereocenters. The van der Waals surface area contributed by atoms with Crippen LogP contribution >= 0.6 is 22.7 Å². The van der Waals surface area contributed by atoms with Crippen LogP contribution in [0, 0.1) is 35.5 Å². The third-order valence-electron chi connectivity index (χ3n) is 24.1. The largest absolute Gasteiger partial charge is 0.455 e. The predicted octanol–water partition coefficient (Wildman–Crippen LogP) is 16.1. The maximum absolute atomic E-state index is 14.9. The summed E-state index contributed by atoms with van der Waals surface area (Å²) in [7, 11) is 1.08. The van der Waals surface area contributed by atoms with E-state index in [0.717, 1.165) is 112 Å². The van der Waals surface area contributed by atoms with Gasteiger partial charge in [0, 0.05) is 101 Å². The molecule has 5 heterocycles. The molecule has 3 saturated heterocycles. The third kappa shape index (κ3) is 29.2. The van der Waals surface area contributed by atoms with Crippen LogP contribution in [0.5, 0.6) is 0 Å². The van der Waals surface area contributed by atoms with Crippen LogP contribution in [0.15, 0.2) is 132 Å². The number of ether oxygens (including phenoxy) is 3. The Morgan fingerprint density at radius 1 is 0.550 bits per heavy atom. The van der Waals surface area contributed by atoms with Crippen LogP contribution in [0.4, 0.5) is 0 Å². The van der Waals surface area contributed by atoms with Crippen LogP contribution < -0.4 is 21.0 Å². The lowest BCUT2D eigenvalue weighted by atomic mass is 9.82. The van der Waals surface area contributed by atoms with Gasteiger partial charge in [0.1, 0.15) is 21.4 Å². The summed E-state index contributed by atoms with van der Waals surface area (Å²) in [5, 5.41) is 22.5. The molecule has 6 aromatic rings. The first-order chi connectivity index (χ1) is 57.4. The second-order valence-corrected chi connectivity index (χ2v) is 41.1. The van der Waals surface area contributed by atoms with Gasteiger partial charge < -0.3 is 44.2 Å². The zero-order valence-electron chi connectivity index (χ0n) is 75.0. The van der Waals surface area contributed by atoms with E-state index in [-0.39, 0.29) is 120 Å². The zero-order valence-corrected chi connectivity index (χ0v) is 77.6. The number of nitrogens with one attached hydrogen (secondary N) is 2. The van der Waals surface area contributed by atoms with E-state index in [9.17, 15) is 43.5 Å². The van der Waals surface area contributed by atoms with Crippen molar-refractivity contribution in [2.45, 2.75) is 273 Å². The molecule has 3 aliphatic heterocycles. The van der Waals surface area contributed by atoms with Gasteiger partial charge in [-0.25, -0.2) is 9.97 Å². The molecule has 0 radical (unpaired) electrons. The number of esters is 2. The molecule has 0 bridgehead atoms. The lowest BCUT2D eigenvalue weighted by Crippen LogP contribution is -2.67. The average molecular weight is 1710 g/mol. The van der Waals surface area contributed by atoms with Gasteiger partial charge in [0.25, 0.3) is 20.1 Å². The molecule has 9 rings (SSSR count). The number of carbonyl (C=O) groups excluding carboxylic acids is 8. The highest BCUT2D eigenvalue weighted by atomic mass is 32.1. The molecular weight excluding hydrogens is 1570 g/mol. The van der Waals surface area contributed by atoms with Crippen molar-refractivity contribution in [3.8, 4) is 0 Å². The van der Waals surface area contributed by atoms with E-state index in [1.807, 2.05) is 105 Å². The van der Waals surface area contributed by atoms with Gasteiger partial charge in [-0.2, -0.15) is 0 Å². The Bertz CT molecular complexity index is 4040. The van der Waals surface area contributed by atoms with Crippen LogP contribution in [-0.2, 0) is 60.2 Å². The van der Waals surface area contributed by atoms with Gasteiger partial charge >= 0.3 is 11.9 Å². The lowest BCUT2D eigenvalue weighted by Gasteiger charge is -2.43. The van der Waals surface area contributed by atoms with Crippen molar-refractivity contribution in [3.05, 3.63) is 165 Å². The number of hydrogen-bond acceptors (Lipinski definition) is 19. The number of amides is 4. The van der Waals surface area contributed by atoms with Crippen LogP contribution in [0.1, 0.15) is 261 Å². The summed E-state index contributed by atoms with van der Waals surface area (Å²) < 4.78 is 24.1. The van der Waals surface area contributed by atoms with E-state index >= 15 is 0 Å². The molecule has 2 aromatic heterocycles. The molecule has 3 N–H and O–H groups in total. The number of aromatic nitrogens is 2. The van der Waals surface area contributed by atoms with Crippen LogP contribution in [0.2, 0.25) is 5.04 Å². The third-order valence-corrected chi connectivity index (χ3v) is 31.0. The Morgan fingerprint density at radius 3 is 1.25 bits per heavy atom. The highest BCUT2D eigenvalue weighted by molar-refractivity contribution is 7.10. The molecule has 21 nitrogen and oxygen atoms in total. The Labute approximate surface area is 726 Å². The number of likely N-dealkylation sites (N-methyl/N-ethyl adjacent to an activating group) is 2. The van der Waals surface area contributed by atoms with Crippen molar-refractivity contribution in [2.24, 2.45) is 35.5 Å². The maximum atomic E-state index is 14.9. The quantitative estimate of drug-likeness (QED) is 0.0238. The molecule has 0 spiro atoms. The van der Waals surface area contributed by atoms with Crippen molar-refractivity contribution in [3.63, 3.8) is 0 Å². The fourth-order valence-corrected chi connectivity index (χ4v) is 23.3. The first-order valence-corrected chi connectivity index (χ1v) is 48.0. The number of benzene rings is 4. The van der Waals surface area contributed by atoms with Gasteiger partial charge in [0.15, 0.2) is 23.8 Å². The van der Waals surface area contributed by atoms with Crippen molar-refractivity contribution in [1.82, 2.24) is 40.2 Å². The fraction of sp³-hybridized carbons (Fsp3) is 0.604. The van der Waals surface area contributed by atoms with Crippen molar-refractivity contribution < 1.29 is 62.1 Å². The number of hydrogen-bond donors (Lipinski definition) is 3. The summed E-state index contributed by atoms with van der Waals surface area (Å²) >= 11 is 2.50. The number of piperidine rings is 2. The molecule has 0 unspecified atom stereocenters. The Morgan fingerprint density at radius 2 is 0.925 bits per heavy atom. The molecular formula is C96H142N8O13S2Si. The number of thiazole rings is 2. The summed E-state index contributed by atoms with van der Waals surface area (Å²) in [5.41, 5.74) is 2.45. The smallest absolute Gasteiger partial charge is 0.303 e. The summed E-state index contributed by atoms with van der Waals surface area (Å²) in [6.45, 7) is 34.9. The average Bonchev–Trinajstić information content (AvgIpc) is 1.09. The first kappa shape index (κ1) is 99.4. The number of aliphatic hydroxyl groups excluding tert-OH is 1. The molecule has 3 aliphatic rings. The predicted molar refractivity (Wildman–Crippen MR) is 483 cm³/mol. The number of carbonyl (C=O) groups is 8. The van der Waals surface area contributed by atoms with E-state index < -0.39 is 62.3 Å². The minimum atomic E-state index is -2.93. The maximum Gasteiger partial charge on any atom is 0.303 e. The lowest BCUT2D eigenvalue weighted by molar-refractivity contribution is -0.151. The van der Waals surface area contributed by atoms with Gasteiger partial charge in [-0.15, -0.1) is 22.7 Å². The zero-order chi connectivity index (χ0) is 87.6. The number of rotatable bonds is 42. The fourth-order valence-electron chi connectivity index (χ4n) is 17.1. The molecule has 120 heavy (non-hydrogen) atoms. The number of nitrogens with zero attached hydrogens (tertiary/aromatic N) is 6. The number of likely N-dealkylation sites (tertiary alicyclic amines) is 2. The summed E-state index contributed by atoms with van der Waals surface area (Å²) in [6.07, 6.45) is 11.9. The van der Waals surface area contributed by atoms with Gasteiger partial charge in [-0.3, -0.25) is 48.2 Å². The SMILES string of the molecule is C1CCOC1.CCCN(C(=O)[C@@H](CC(=O)[C@H]1CCCCN1C)[C@@H](C)CC)[C@H](C[C@@H](OC(C)=O)c1nc(C(=O)N[C@H](CO)Cc2ccccc2)cs1)C(C)C.CCCN(C(=O)[C@@H](CC(=O)[C@H]1CCCCN1C)[C@@H](C)CC)[C@H](C[C@@H](OC(C)=O)c1nc(C(=O)N[C@H](CO[Si](c2ccccc2)(c2ccccc2)C(C)(C)C)Cc2ccccc2)cs1)C(C)C. The second kappa shape index (κ2) is 50.2. The minimum Gasteiger partial charge on any atom is -0.455 e. The molecule has 4 amide bonds. The molecule has 660 valence electrons. The Kier molecular flexibility index (Phi) is 41.6. The monoisotopic (exact) mass is 1710 g/mol. The Balaban J connectivity index is 0.000000324. The molecule has 0 saturated carbocycles. The molecule has 3 fully saturated rings. The normalized spacial score (nSPS) is 17.8. The second-order valence-electron chi connectivity index (χ2n) is 35.0. The van der Waals surface area contributed by atoms with E-state index in [2.05, 4.69) is 155 Å². The van der Waals surface area contributed by atoms with Gasteiger partial charge in [0.05, 0.1) is 37.4 Å². The topological polar surface area (TPSA) is 257 Å². The van der Waals surface area contributed by atoms with Crippen LogP contribution in [0.25, 0.3) is 0 Å². The summed E-state index contributed by atoms with van der Waals surface area (Å²) in [6, 6.07) is 38.8. The van der Waals surface area contributed by atoms with Crippen LogP contribution in [0.3, 0.4) is 0 Å². The molecule has 0 aliphatic carbocycles. The van der Waals surface area contributed by atoms with E-state index in [4.69, 9.17) is 23.6 Å². The van der Waals surface area contributed by atoms with Crippen molar-refractivity contribution in [2.75, 3.05) is 66.7 Å². The molecule has 4 aromatic carbocycles. The van der Waals surface area contributed by atoms with E-state index in [1.165, 1.54) is 49.4 Å². The van der Waals surface area contributed by atoms with Crippen LogP contribution in [-0.4, -0.2) is 193 Å². The minimum absolute atomic E-state index is 0.00617. The van der Waals surface area contributed by atoms with E-state index in [0.29, 0.717) is 48.8 Å². The van der Waals surface area contributed by atoms with Crippen molar-refractivity contribution >= 4 is 88.5 Å². The number of aliphatic hydroxyl groups is 1. The van der Waals surface area contributed by atoms with Gasteiger partial charge in [0.2, 0.25) is 11.8 Å². The molecule has 24 heteroatoms. The highest BCUT2D eigenvalue weighted by Gasteiger charge is 2.51. The summed E-state index contributed by atoms with van der Waals surface area (Å²) in [5.74, 6) is -2.38. The standard InChI is InChI=1S/C54H76N4O6SSi.C38H58N4O6S.C4H8O/c1-11-31-58(53(62)45(39(5)12-2)34-49(60)47-30-22-23-32-57(47)10)48(38(3)4)35-50(64-40(6)59)52-56-46(37-65-52)51(61)55-42(33-41-24-16-13-17-25-41)36-63-66(54(7,8)9,43-26-18-14-19-27-43)44-28-20-15-21-29-44;1-8-18-42(38(47)30(26(5)9-2)21-34(45)32-17-13-14-19-41(32)7)33(25(3)4)22-35(48-27(6)44)37-40-31(24-49-37)36(46)39-29(23-43)20-28-15-11-10-12-16-28;1-2-4-5-3-1/h13-21,24-29,37-39,42,45,47-48,50H,11-12,22-23,30-36H2,1-10H3,(H,55,61);10-12,15-16,24-26,29-30,32-33,35,43H,8-9,13-14,17-23H2,1-7H3,(H,39,46);1-4H2/t39-,42-,45-,47+,48+,50+;26-,29-,30-,32+,33+,35+;/m00./s1. The summed E-state index contributed by atoms with van der Waals surface area (Å²) in [4.78, 5) is 127. The van der Waals surface area contributed by atoms with Gasteiger partial charge in [-0.05, 0) is 142 Å².